The molecular weight excluding hydrogens is 411 g/mol. The van der Waals surface area contributed by atoms with Gasteiger partial charge in [-0.05, 0) is 51.9 Å². The van der Waals surface area contributed by atoms with Crippen molar-refractivity contribution in [2.75, 3.05) is 19.6 Å². The van der Waals surface area contributed by atoms with Crippen molar-refractivity contribution in [3.63, 3.8) is 0 Å². The molecule has 1 fully saturated rings. The Morgan fingerprint density at radius 1 is 1.00 bits per heavy atom. The van der Waals surface area contributed by atoms with Crippen molar-refractivity contribution in [2.24, 2.45) is 7.05 Å². The van der Waals surface area contributed by atoms with Crippen LogP contribution in [0.2, 0.25) is 0 Å². The van der Waals surface area contributed by atoms with E-state index in [-0.39, 0.29) is 17.1 Å². The summed E-state index contributed by atoms with van der Waals surface area (Å²) in [5.74, 6) is 0.0361. The molecule has 0 saturated carbocycles. The van der Waals surface area contributed by atoms with Gasteiger partial charge in [0.1, 0.15) is 5.82 Å². The Labute approximate surface area is 184 Å². The minimum absolute atomic E-state index is 0.303. The Balaban J connectivity index is 1.72. The second-order valence-electron chi connectivity index (χ2n) is 8.58. The highest BCUT2D eigenvalue weighted by atomic mass is 19.1. The van der Waals surface area contributed by atoms with Crippen LogP contribution in [0.25, 0.3) is 22.6 Å². The van der Waals surface area contributed by atoms with Crippen molar-refractivity contribution in [2.45, 2.75) is 39.7 Å². The minimum atomic E-state index is -0.382. The molecule has 168 valence electrons. The van der Waals surface area contributed by atoms with Gasteiger partial charge in [-0.2, -0.15) is 4.98 Å². The van der Waals surface area contributed by atoms with Crippen molar-refractivity contribution >= 4 is 16.9 Å². The SMILES string of the molecule is Cc1c(C)n2c3c(=O)n(CCN4CCCCC4)c(=O)n(C)c3nc2n1-c1ccccc1F. The average Bonchev–Trinajstić information content (AvgIpc) is 3.29. The Kier molecular flexibility index (Phi) is 5.00. The molecule has 0 atom stereocenters. The van der Waals surface area contributed by atoms with Crippen molar-refractivity contribution < 1.29 is 4.39 Å². The molecule has 4 heterocycles. The molecule has 9 heteroatoms. The summed E-state index contributed by atoms with van der Waals surface area (Å²) in [6.07, 6.45) is 3.53. The Morgan fingerprint density at radius 2 is 1.72 bits per heavy atom. The van der Waals surface area contributed by atoms with E-state index in [9.17, 15) is 14.0 Å². The van der Waals surface area contributed by atoms with Crippen molar-refractivity contribution in [1.82, 2.24) is 28.0 Å². The number of aryl methyl sites for hydroxylation is 2. The summed E-state index contributed by atoms with van der Waals surface area (Å²) in [6, 6.07) is 6.47. The van der Waals surface area contributed by atoms with E-state index < -0.39 is 0 Å². The molecular formula is C23H27FN6O2. The number of aromatic nitrogens is 5. The lowest BCUT2D eigenvalue weighted by Gasteiger charge is -2.26. The number of rotatable bonds is 4. The van der Waals surface area contributed by atoms with Crippen molar-refractivity contribution in [1.29, 1.82) is 0 Å². The molecule has 8 nitrogen and oxygen atoms in total. The zero-order valence-electron chi connectivity index (χ0n) is 18.6. The van der Waals surface area contributed by atoms with Crippen LogP contribution in [-0.4, -0.2) is 47.6 Å². The number of fused-ring (bicyclic) bond motifs is 3. The van der Waals surface area contributed by atoms with Gasteiger partial charge in [-0.1, -0.05) is 18.6 Å². The Bertz CT molecular complexity index is 1450. The molecule has 0 bridgehead atoms. The summed E-state index contributed by atoms with van der Waals surface area (Å²) in [6.45, 7) is 6.75. The lowest BCUT2D eigenvalue weighted by atomic mass is 10.1. The van der Waals surface area contributed by atoms with E-state index in [0.717, 1.165) is 37.3 Å². The second kappa shape index (κ2) is 7.74. The molecule has 0 aliphatic carbocycles. The summed E-state index contributed by atoms with van der Waals surface area (Å²) in [4.78, 5) is 33.5. The third-order valence-corrected chi connectivity index (χ3v) is 6.70. The van der Waals surface area contributed by atoms with Crippen LogP contribution < -0.4 is 11.2 Å². The molecule has 5 rings (SSSR count). The first kappa shape index (κ1) is 20.7. The summed E-state index contributed by atoms with van der Waals surface area (Å²) in [7, 11) is 1.63. The largest absolute Gasteiger partial charge is 0.332 e. The highest BCUT2D eigenvalue weighted by Crippen LogP contribution is 2.25. The first-order valence-electron chi connectivity index (χ1n) is 11.1. The minimum Gasteiger partial charge on any atom is -0.302 e. The third-order valence-electron chi connectivity index (χ3n) is 6.70. The van der Waals surface area contributed by atoms with E-state index in [1.165, 1.54) is 21.6 Å². The molecule has 32 heavy (non-hydrogen) atoms. The number of para-hydroxylation sites is 1. The fraction of sp³-hybridized carbons (Fsp3) is 0.435. The fourth-order valence-electron chi connectivity index (χ4n) is 4.79. The first-order chi connectivity index (χ1) is 15.4. The topological polar surface area (TPSA) is 69.5 Å². The summed E-state index contributed by atoms with van der Waals surface area (Å²) >= 11 is 0. The lowest BCUT2D eigenvalue weighted by molar-refractivity contribution is 0.218. The monoisotopic (exact) mass is 438 g/mol. The molecule has 0 N–H and O–H groups in total. The van der Waals surface area contributed by atoms with Gasteiger partial charge < -0.3 is 4.90 Å². The van der Waals surface area contributed by atoms with E-state index in [1.807, 2.05) is 13.8 Å². The molecule has 3 aromatic heterocycles. The lowest BCUT2D eigenvalue weighted by Crippen LogP contribution is -2.43. The van der Waals surface area contributed by atoms with E-state index >= 15 is 0 Å². The summed E-state index contributed by atoms with van der Waals surface area (Å²) in [5, 5.41) is 0. The van der Waals surface area contributed by atoms with Crippen LogP contribution in [-0.2, 0) is 13.6 Å². The van der Waals surface area contributed by atoms with Gasteiger partial charge >= 0.3 is 5.69 Å². The van der Waals surface area contributed by atoms with Crippen LogP contribution >= 0.6 is 0 Å². The predicted molar refractivity (Wildman–Crippen MR) is 121 cm³/mol. The highest BCUT2D eigenvalue weighted by molar-refractivity contribution is 5.77. The van der Waals surface area contributed by atoms with Gasteiger partial charge in [0.15, 0.2) is 11.2 Å². The molecule has 0 radical (unpaired) electrons. The predicted octanol–water partition coefficient (Wildman–Crippen LogP) is 2.38. The number of benzene rings is 1. The number of imidazole rings is 2. The number of hydrogen-bond donors (Lipinski definition) is 0. The van der Waals surface area contributed by atoms with Gasteiger partial charge in [-0.3, -0.25) is 22.9 Å². The summed E-state index contributed by atoms with van der Waals surface area (Å²) in [5.41, 5.74) is 1.83. The van der Waals surface area contributed by atoms with Gasteiger partial charge in [0.2, 0.25) is 5.78 Å². The average molecular weight is 439 g/mol. The first-order valence-corrected chi connectivity index (χ1v) is 11.1. The normalized spacial score (nSPS) is 15.2. The van der Waals surface area contributed by atoms with Gasteiger partial charge in [0, 0.05) is 31.5 Å². The zero-order chi connectivity index (χ0) is 22.6. The van der Waals surface area contributed by atoms with E-state index in [0.29, 0.717) is 35.7 Å². The number of piperidine rings is 1. The van der Waals surface area contributed by atoms with Crippen molar-refractivity contribution in [3.05, 3.63) is 62.3 Å². The maximum absolute atomic E-state index is 14.6. The molecule has 1 saturated heterocycles. The number of nitrogens with zero attached hydrogens (tertiary/aromatic N) is 6. The van der Waals surface area contributed by atoms with Crippen LogP contribution in [0, 0.1) is 19.7 Å². The molecule has 0 amide bonds. The smallest absolute Gasteiger partial charge is 0.302 e. The van der Waals surface area contributed by atoms with E-state index in [1.54, 1.807) is 34.2 Å². The molecule has 0 unspecified atom stereocenters. The molecule has 1 aliphatic rings. The molecule has 1 aliphatic heterocycles. The molecule has 0 spiro atoms. The summed E-state index contributed by atoms with van der Waals surface area (Å²) < 4.78 is 20.8. The van der Waals surface area contributed by atoms with Crippen LogP contribution in [0.1, 0.15) is 30.7 Å². The quantitative estimate of drug-likeness (QED) is 0.491. The second-order valence-corrected chi connectivity index (χ2v) is 8.58. The standard InChI is InChI=1S/C23H27FN6O2/c1-15-16(2)30-19-20(25-22(30)29(15)18-10-6-5-9-17(18)24)26(3)23(32)28(21(19)31)14-13-27-11-7-4-8-12-27/h5-6,9-10H,4,7-8,11-14H2,1-3H3. The van der Waals surface area contributed by atoms with Crippen LogP contribution in [0.4, 0.5) is 4.39 Å². The maximum atomic E-state index is 14.6. The molecule has 4 aromatic rings. The highest BCUT2D eigenvalue weighted by Gasteiger charge is 2.24. The van der Waals surface area contributed by atoms with E-state index in [4.69, 9.17) is 0 Å². The van der Waals surface area contributed by atoms with Gasteiger partial charge in [0.25, 0.3) is 5.56 Å². The maximum Gasteiger partial charge on any atom is 0.332 e. The number of halogens is 1. The zero-order valence-corrected chi connectivity index (χ0v) is 18.6. The van der Waals surface area contributed by atoms with Gasteiger partial charge in [-0.15, -0.1) is 0 Å². The van der Waals surface area contributed by atoms with Crippen LogP contribution in [0.5, 0.6) is 0 Å². The number of likely N-dealkylation sites (tertiary alicyclic amines) is 1. The Hall–Kier alpha value is -3.20. The van der Waals surface area contributed by atoms with Gasteiger partial charge in [0.05, 0.1) is 5.69 Å². The third kappa shape index (κ3) is 3.02. The number of hydrogen-bond acceptors (Lipinski definition) is 4. The van der Waals surface area contributed by atoms with Crippen molar-refractivity contribution in [3.8, 4) is 5.69 Å². The van der Waals surface area contributed by atoms with Crippen LogP contribution in [0.15, 0.2) is 33.9 Å². The Morgan fingerprint density at radius 3 is 2.44 bits per heavy atom. The molecule has 1 aromatic carbocycles. The van der Waals surface area contributed by atoms with Gasteiger partial charge in [-0.25, -0.2) is 9.18 Å². The fourth-order valence-corrected chi connectivity index (χ4v) is 4.79. The van der Waals surface area contributed by atoms with Crippen LogP contribution in [0.3, 0.4) is 0 Å². The van der Waals surface area contributed by atoms with E-state index in [2.05, 4.69) is 9.88 Å².